The molecule has 0 bridgehead atoms. The molecular formula is C24H24FN3O. The Morgan fingerprint density at radius 2 is 1.86 bits per heavy atom. The molecule has 0 aliphatic heterocycles. The summed E-state index contributed by atoms with van der Waals surface area (Å²) in [6.45, 7) is 4.84. The van der Waals surface area contributed by atoms with E-state index in [4.69, 9.17) is 4.74 Å². The van der Waals surface area contributed by atoms with Crippen LogP contribution in [0.5, 0.6) is 5.75 Å². The molecule has 1 N–H and O–H groups in total. The molecule has 0 aliphatic carbocycles. The van der Waals surface area contributed by atoms with Gasteiger partial charge in [0.05, 0.1) is 19.0 Å². The Balaban J connectivity index is 1.56. The molecule has 4 aromatic rings. The van der Waals surface area contributed by atoms with Crippen molar-refractivity contribution in [2.24, 2.45) is 0 Å². The summed E-state index contributed by atoms with van der Waals surface area (Å²) in [5.74, 6) is 0.612. The molecule has 4 rings (SSSR count). The van der Waals surface area contributed by atoms with Crippen LogP contribution in [0, 0.1) is 12.7 Å². The molecule has 0 amide bonds. The summed E-state index contributed by atoms with van der Waals surface area (Å²) >= 11 is 0. The lowest BCUT2D eigenvalue weighted by Crippen LogP contribution is -2.19. The largest absolute Gasteiger partial charge is 0.496 e. The summed E-state index contributed by atoms with van der Waals surface area (Å²) in [4.78, 5) is 0. The highest BCUT2D eigenvalue weighted by atomic mass is 19.1. The molecule has 0 radical (unpaired) electrons. The first kappa shape index (κ1) is 19.2. The summed E-state index contributed by atoms with van der Waals surface area (Å²) in [6.07, 6.45) is 1.85. The fourth-order valence-electron chi connectivity index (χ4n) is 3.75. The average Bonchev–Trinajstić information content (AvgIpc) is 3.13. The molecule has 1 aromatic heterocycles. The molecule has 0 spiro atoms. The molecular weight excluding hydrogens is 365 g/mol. The van der Waals surface area contributed by atoms with Crippen molar-refractivity contribution in [3.05, 3.63) is 89.5 Å². The van der Waals surface area contributed by atoms with E-state index in [2.05, 4.69) is 35.5 Å². The maximum atomic E-state index is 13.6. The maximum Gasteiger partial charge on any atom is 0.126 e. The van der Waals surface area contributed by atoms with Crippen LogP contribution in [0.25, 0.3) is 16.5 Å². The monoisotopic (exact) mass is 389 g/mol. The van der Waals surface area contributed by atoms with Crippen LogP contribution in [-0.4, -0.2) is 16.9 Å². The fraction of sp³-hybridized carbons (Fsp3) is 0.208. The quantitative estimate of drug-likeness (QED) is 0.484. The molecule has 0 saturated heterocycles. The Bertz CT molecular complexity index is 1150. The van der Waals surface area contributed by atoms with E-state index >= 15 is 0 Å². The van der Waals surface area contributed by atoms with Gasteiger partial charge in [0.1, 0.15) is 11.6 Å². The predicted octanol–water partition coefficient (Wildman–Crippen LogP) is 5.33. The lowest BCUT2D eigenvalue weighted by atomic mass is 10.0. The maximum absolute atomic E-state index is 13.6. The van der Waals surface area contributed by atoms with Crippen molar-refractivity contribution in [2.45, 2.75) is 26.4 Å². The lowest BCUT2D eigenvalue weighted by Gasteiger charge is -2.16. The topological polar surface area (TPSA) is 39.1 Å². The molecule has 3 aromatic carbocycles. The average molecular weight is 389 g/mol. The SMILES string of the molecule is COc1ccc(CN[C@@H](C)c2cnn(-c3cccc(F)c3)c2C)c2ccccc12. The third-order valence-electron chi connectivity index (χ3n) is 5.36. The van der Waals surface area contributed by atoms with Gasteiger partial charge in [-0.05, 0) is 49.1 Å². The number of halogens is 1. The molecule has 0 saturated carbocycles. The highest BCUT2D eigenvalue weighted by Crippen LogP contribution is 2.29. The number of benzene rings is 3. The Kier molecular flexibility index (Phi) is 5.32. The first-order chi connectivity index (χ1) is 14.1. The number of ether oxygens (including phenoxy) is 1. The van der Waals surface area contributed by atoms with Crippen LogP contribution in [0.3, 0.4) is 0 Å². The number of hydrogen-bond donors (Lipinski definition) is 1. The third kappa shape index (κ3) is 3.74. The van der Waals surface area contributed by atoms with Gasteiger partial charge in [-0.3, -0.25) is 0 Å². The van der Waals surface area contributed by atoms with Crippen molar-refractivity contribution >= 4 is 10.8 Å². The number of fused-ring (bicyclic) bond motifs is 1. The minimum atomic E-state index is -0.267. The minimum Gasteiger partial charge on any atom is -0.496 e. The fourth-order valence-corrected chi connectivity index (χ4v) is 3.75. The van der Waals surface area contributed by atoms with Crippen molar-refractivity contribution in [1.29, 1.82) is 0 Å². The zero-order valence-corrected chi connectivity index (χ0v) is 16.8. The van der Waals surface area contributed by atoms with Gasteiger partial charge >= 0.3 is 0 Å². The number of hydrogen-bond acceptors (Lipinski definition) is 3. The van der Waals surface area contributed by atoms with E-state index in [1.165, 1.54) is 23.1 Å². The van der Waals surface area contributed by atoms with Crippen molar-refractivity contribution in [2.75, 3.05) is 7.11 Å². The highest BCUT2D eigenvalue weighted by molar-refractivity contribution is 5.91. The Morgan fingerprint density at radius 1 is 1.07 bits per heavy atom. The van der Waals surface area contributed by atoms with Crippen LogP contribution in [0.2, 0.25) is 0 Å². The van der Waals surface area contributed by atoms with E-state index in [0.29, 0.717) is 0 Å². The standard InChI is InChI=1S/C24H24FN3O/c1-16(23-15-27-28(17(23)2)20-8-6-7-19(25)13-20)26-14-18-11-12-24(29-3)22-10-5-4-9-21(18)22/h4-13,15-16,26H,14H2,1-3H3/t16-/m0/s1. The summed E-state index contributed by atoms with van der Waals surface area (Å²) < 4.78 is 20.8. The summed E-state index contributed by atoms with van der Waals surface area (Å²) in [5, 5.41) is 10.4. The lowest BCUT2D eigenvalue weighted by molar-refractivity contribution is 0.419. The van der Waals surface area contributed by atoms with Gasteiger partial charge in [-0.2, -0.15) is 5.10 Å². The van der Waals surface area contributed by atoms with Gasteiger partial charge in [0, 0.05) is 29.2 Å². The zero-order chi connectivity index (χ0) is 20.4. The third-order valence-corrected chi connectivity index (χ3v) is 5.36. The second kappa shape index (κ2) is 8.05. The van der Waals surface area contributed by atoms with Gasteiger partial charge in [-0.1, -0.05) is 36.4 Å². The van der Waals surface area contributed by atoms with Crippen molar-refractivity contribution < 1.29 is 9.13 Å². The number of aromatic nitrogens is 2. The molecule has 1 heterocycles. The highest BCUT2D eigenvalue weighted by Gasteiger charge is 2.15. The van der Waals surface area contributed by atoms with Gasteiger partial charge in [-0.25, -0.2) is 9.07 Å². The number of nitrogens with one attached hydrogen (secondary N) is 1. The van der Waals surface area contributed by atoms with Crippen LogP contribution in [0.1, 0.15) is 29.8 Å². The number of nitrogens with zero attached hydrogens (tertiary/aromatic N) is 2. The number of rotatable bonds is 6. The first-order valence-corrected chi connectivity index (χ1v) is 9.67. The molecule has 5 heteroatoms. The molecule has 29 heavy (non-hydrogen) atoms. The number of methoxy groups -OCH3 is 1. The second-order valence-electron chi connectivity index (χ2n) is 7.15. The van der Waals surface area contributed by atoms with E-state index in [9.17, 15) is 4.39 Å². The van der Waals surface area contributed by atoms with Gasteiger partial charge in [-0.15, -0.1) is 0 Å². The first-order valence-electron chi connectivity index (χ1n) is 9.67. The van der Waals surface area contributed by atoms with Crippen LogP contribution in [-0.2, 0) is 6.54 Å². The van der Waals surface area contributed by atoms with Crippen molar-refractivity contribution in [1.82, 2.24) is 15.1 Å². The van der Waals surface area contributed by atoms with Crippen molar-refractivity contribution in [3.8, 4) is 11.4 Å². The van der Waals surface area contributed by atoms with Crippen LogP contribution in [0.15, 0.2) is 66.9 Å². The zero-order valence-electron chi connectivity index (χ0n) is 16.8. The Labute approximate surface area is 169 Å². The molecule has 1 atom stereocenters. The van der Waals surface area contributed by atoms with Gasteiger partial charge in [0.25, 0.3) is 0 Å². The Morgan fingerprint density at radius 3 is 2.62 bits per heavy atom. The van der Waals surface area contributed by atoms with E-state index in [-0.39, 0.29) is 11.9 Å². The van der Waals surface area contributed by atoms with Crippen LogP contribution in [0.4, 0.5) is 4.39 Å². The second-order valence-corrected chi connectivity index (χ2v) is 7.15. The predicted molar refractivity (Wildman–Crippen MR) is 114 cm³/mol. The molecule has 148 valence electrons. The van der Waals surface area contributed by atoms with Gasteiger partial charge in [0.15, 0.2) is 0 Å². The summed E-state index contributed by atoms with van der Waals surface area (Å²) in [5.41, 5.74) is 4.02. The smallest absolute Gasteiger partial charge is 0.126 e. The van der Waals surface area contributed by atoms with Gasteiger partial charge in [0.2, 0.25) is 0 Å². The molecule has 0 unspecified atom stereocenters. The van der Waals surface area contributed by atoms with E-state index in [0.717, 1.165) is 34.6 Å². The molecule has 0 fully saturated rings. The van der Waals surface area contributed by atoms with Crippen molar-refractivity contribution in [3.63, 3.8) is 0 Å². The minimum absolute atomic E-state index is 0.0955. The van der Waals surface area contributed by atoms with Crippen LogP contribution < -0.4 is 10.1 Å². The van der Waals surface area contributed by atoms with E-state index < -0.39 is 0 Å². The Hall–Kier alpha value is -3.18. The van der Waals surface area contributed by atoms with E-state index in [1.54, 1.807) is 17.9 Å². The normalized spacial score (nSPS) is 12.3. The summed E-state index contributed by atoms with van der Waals surface area (Å²) in [6, 6.07) is 18.9. The van der Waals surface area contributed by atoms with Gasteiger partial charge < -0.3 is 10.1 Å². The van der Waals surface area contributed by atoms with Crippen LogP contribution >= 0.6 is 0 Å². The van der Waals surface area contributed by atoms with E-state index in [1.807, 2.05) is 37.4 Å². The molecule has 4 nitrogen and oxygen atoms in total. The summed E-state index contributed by atoms with van der Waals surface area (Å²) in [7, 11) is 1.70. The molecule has 0 aliphatic rings.